The topological polar surface area (TPSA) is 58.4 Å². The molecule has 1 heterocycles. The summed E-state index contributed by atoms with van der Waals surface area (Å²) in [6.07, 6.45) is 1.27. The number of likely N-dealkylation sites (tertiary alicyclic amines) is 1. The van der Waals surface area contributed by atoms with Crippen LogP contribution in [0, 0.1) is 11.8 Å². The highest BCUT2D eigenvalue weighted by atomic mass is 16.2. The number of hydrogen-bond donors (Lipinski definition) is 2. The van der Waals surface area contributed by atoms with E-state index in [2.05, 4.69) is 24.2 Å². The number of rotatable bonds is 3. The SMILES string of the molecule is CC1CCN(Cc2ccc(C(=O)NN)cc2)CC1C. The van der Waals surface area contributed by atoms with Crippen molar-refractivity contribution >= 4 is 5.91 Å². The van der Waals surface area contributed by atoms with Crippen LogP contribution in [0.5, 0.6) is 0 Å². The molecule has 104 valence electrons. The van der Waals surface area contributed by atoms with Crippen LogP contribution in [0.25, 0.3) is 0 Å². The van der Waals surface area contributed by atoms with Gasteiger partial charge >= 0.3 is 0 Å². The molecule has 0 radical (unpaired) electrons. The van der Waals surface area contributed by atoms with Crippen molar-refractivity contribution in [3.63, 3.8) is 0 Å². The first-order valence-corrected chi connectivity index (χ1v) is 6.92. The minimum absolute atomic E-state index is 0.244. The Morgan fingerprint density at radius 1 is 1.32 bits per heavy atom. The summed E-state index contributed by atoms with van der Waals surface area (Å²) in [6.45, 7) is 7.94. The Morgan fingerprint density at radius 3 is 2.58 bits per heavy atom. The Bertz CT molecular complexity index is 430. The number of carbonyl (C=O) groups excluding carboxylic acids is 1. The molecule has 1 fully saturated rings. The fourth-order valence-corrected chi connectivity index (χ4v) is 2.60. The molecule has 1 aromatic rings. The van der Waals surface area contributed by atoms with Crippen LogP contribution in [0.2, 0.25) is 0 Å². The molecule has 4 nitrogen and oxygen atoms in total. The Balaban J connectivity index is 1.94. The van der Waals surface area contributed by atoms with Gasteiger partial charge in [-0.05, 0) is 42.5 Å². The molecule has 4 heteroatoms. The number of amides is 1. The third kappa shape index (κ3) is 3.55. The molecular formula is C15H23N3O. The van der Waals surface area contributed by atoms with E-state index < -0.39 is 0 Å². The summed E-state index contributed by atoms with van der Waals surface area (Å²) in [4.78, 5) is 13.8. The van der Waals surface area contributed by atoms with Gasteiger partial charge in [-0.2, -0.15) is 0 Å². The van der Waals surface area contributed by atoms with E-state index in [1.165, 1.54) is 12.0 Å². The zero-order chi connectivity index (χ0) is 13.8. The fourth-order valence-electron chi connectivity index (χ4n) is 2.60. The largest absolute Gasteiger partial charge is 0.299 e. The van der Waals surface area contributed by atoms with E-state index in [1.54, 1.807) is 0 Å². The molecule has 1 aliphatic rings. The molecular weight excluding hydrogens is 238 g/mol. The van der Waals surface area contributed by atoms with Crippen LogP contribution in [0.1, 0.15) is 36.2 Å². The fraction of sp³-hybridized carbons (Fsp3) is 0.533. The Labute approximate surface area is 114 Å². The second kappa shape index (κ2) is 6.17. The van der Waals surface area contributed by atoms with Gasteiger partial charge in [0.1, 0.15) is 0 Å². The summed E-state index contributed by atoms with van der Waals surface area (Å²) in [5.41, 5.74) is 3.99. The maximum Gasteiger partial charge on any atom is 0.265 e. The molecule has 2 unspecified atom stereocenters. The summed E-state index contributed by atoms with van der Waals surface area (Å²) in [6, 6.07) is 7.67. The second-order valence-electron chi connectivity index (χ2n) is 5.65. The molecule has 1 aliphatic heterocycles. The van der Waals surface area contributed by atoms with E-state index in [4.69, 9.17) is 5.84 Å². The molecule has 1 saturated heterocycles. The smallest absolute Gasteiger partial charge is 0.265 e. The summed E-state index contributed by atoms with van der Waals surface area (Å²) < 4.78 is 0. The average molecular weight is 261 g/mol. The van der Waals surface area contributed by atoms with Crippen LogP contribution in [0.4, 0.5) is 0 Å². The van der Waals surface area contributed by atoms with Crippen LogP contribution in [-0.4, -0.2) is 23.9 Å². The van der Waals surface area contributed by atoms with Crippen molar-refractivity contribution in [2.75, 3.05) is 13.1 Å². The van der Waals surface area contributed by atoms with E-state index in [9.17, 15) is 4.79 Å². The normalized spacial score (nSPS) is 24.2. The number of nitrogens with one attached hydrogen (secondary N) is 1. The monoisotopic (exact) mass is 261 g/mol. The molecule has 0 spiro atoms. The molecule has 0 aliphatic carbocycles. The number of nitrogens with two attached hydrogens (primary N) is 1. The van der Waals surface area contributed by atoms with Crippen LogP contribution < -0.4 is 11.3 Å². The van der Waals surface area contributed by atoms with Gasteiger partial charge in [-0.25, -0.2) is 5.84 Å². The minimum Gasteiger partial charge on any atom is -0.299 e. The molecule has 2 atom stereocenters. The Kier molecular flexibility index (Phi) is 4.56. The first-order chi connectivity index (χ1) is 9.10. The van der Waals surface area contributed by atoms with Gasteiger partial charge in [0.25, 0.3) is 5.91 Å². The van der Waals surface area contributed by atoms with Crippen LogP contribution in [-0.2, 0) is 6.54 Å². The number of benzene rings is 1. The highest BCUT2D eigenvalue weighted by Crippen LogP contribution is 2.23. The summed E-state index contributed by atoms with van der Waals surface area (Å²) in [5, 5.41) is 0. The molecule has 1 aromatic carbocycles. The quantitative estimate of drug-likeness (QED) is 0.495. The van der Waals surface area contributed by atoms with Gasteiger partial charge in [0.05, 0.1) is 0 Å². The highest BCUT2D eigenvalue weighted by molar-refractivity contribution is 5.93. The van der Waals surface area contributed by atoms with Gasteiger partial charge in [0, 0.05) is 18.7 Å². The zero-order valence-electron chi connectivity index (χ0n) is 11.7. The van der Waals surface area contributed by atoms with Gasteiger partial charge in [-0.1, -0.05) is 26.0 Å². The Hall–Kier alpha value is -1.39. The van der Waals surface area contributed by atoms with Gasteiger partial charge in [-0.15, -0.1) is 0 Å². The van der Waals surface area contributed by atoms with Crippen LogP contribution in [0.3, 0.4) is 0 Å². The lowest BCUT2D eigenvalue weighted by atomic mass is 9.88. The Morgan fingerprint density at radius 2 is 2.00 bits per heavy atom. The van der Waals surface area contributed by atoms with Crippen molar-refractivity contribution in [3.8, 4) is 0 Å². The third-order valence-corrected chi connectivity index (χ3v) is 4.17. The third-order valence-electron chi connectivity index (χ3n) is 4.17. The van der Waals surface area contributed by atoms with E-state index in [-0.39, 0.29) is 5.91 Å². The zero-order valence-corrected chi connectivity index (χ0v) is 11.7. The highest BCUT2D eigenvalue weighted by Gasteiger charge is 2.22. The predicted octanol–water partition coefficient (Wildman–Crippen LogP) is 1.77. The maximum absolute atomic E-state index is 11.3. The molecule has 0 aromatic heterocycles. The molecule has 2 rings (SSSR count). The average Bonchev–Trinajstić information content (AvgIpc) is 2.43. The van der Waals surface area contributed by atoms with E-state index >= 15 is 0 Å². The lowest BCUT2D eigenvalue weighted by Crippen LogP contribution is -2.37. The number of carbonyl (C=O) groups is 1. The summed E-state index contributed by atoms with van der Waals surface area (Å²) in [5.74, 6) is 6.45. The molecule has 19 heavy (non-hydrogen) atoms. The first kappa shape index (κ1) is 14.0. The molecule has 1 amide bonds. The van der Waals surface area contributed by atoms with Crippen molar-refractivity contribution < 1.29 is 4.79 Å². The van der Waals surface area contributed by atoms with Crippen molar-refractivity contribution in [1.29, 1.82) is 0 Å². The lowest BCUT2D eigenvalue weighted by molar-refractivity contribution is 0.0953. The van der Waals surface area contributed by atoms with Crippen LogP contribution >= 0.6 is 0 Å². The number of nitrogen functional groups attached to an aromatic ring is 1. The maximum atomic E-state index is 11.3. The number of hydrazine groups is 1. The number of hydrogen-bond acceptors (Lipinski definition) is 3. The van der Waals surface area contributed by atoms with E-state index in [1.807, 2.05) is 24.3 Å². The van der Waals surface area contributed by atoms with Crippen molar-refractivity contribution in [1.82, 2.24) is 10.3 Å². The molecule has 0 saturated carbocycles. The molecule has 0 bridgehead atoms. The van der Waals surface area contributed by atoms with Gasteiger partial charge in [0.15, 0.2) is 0 Å². The lowest BCUT2D eigenvalue weighted by Gasteiger charge is -2.35. The predicted molar refractivity (Wildman–Crippen MR) is 76.3 cm³/mol. The van der Waals surface area contributed by atoms with Crippen LogP contribution in [0.15, 0.2) is 24.3 Å². The van der Waals surface area contributed by atoms with Gasteiger partial charge in [-0.3, -0.25) is 15.1 Å². The van der Waals surface area contributed by atoms with E-state index in [0.717, 1.165) is 31.5 Å². The summed E-state index contributed by atoms with van der Waals surface area (Å²) in [7, 11) is 0. The molecule has 3 N–H and O–H groups in total. The van der Waals surface area contributed by atoms with Gasteiger partial charge in [0.2, 0.25) is 0 Å². The standard InChI is InChI=1S/C15H23N3O/c1-11-7-8-18(9-12(11)2)10-13-3-5-14(6-4-13)15(19)17-16/h3-6,11-12H,7-10,16H2,1-2H3,(H,17,19). The van der Waals surface area contributed by atoms with Crippen molar-refractivity contribution in [2.24, 2.45) is 17.7 Å². The summed E-state index contributed by atoms with van der Waals surface area (Å²) >= 11 is 0. The minimum atomic E-state index is -0.244. The number of piperidine rings is 1. The van der Waals surface area contributed by atoms with Crippen molar-refractivity contribution in [2.45, 2.75) is 26.8 Å². The number of nitrogens with zero attached hydrogens (tertiary/aromatic N) is 1. The second-order valence-corrected chi connectivity index (χ2v) is 5.65. The first-order valence-electron chi connectivity index (χ1n) is 6.92. The van der Waals surface area contributed by atoms with Crippen molar-refractivity contribution in [3.05, 3.63) is 35.4 Å². The van der Waals surface area contributed by atoms with E-state index in [0.29, 0.717) is 5.56 Å². The van der Waals surface area contributed by atoms with Gasteiger partial charge < -0.3 is 0 Å².